The topological polar surface area (TPSA) is 0 Å². The molecule has 0 saturated heterocycles. The maximum atomic E-state index is 2.33. The minimum atomic E-state index is 0. The second kappa shape index (κ2) is 14.4. The summed E-state index contributed by atoms with van der Waals surface area (Å²) in [6, 6.07) is 0. The Morgan fingerprint density at radius 3 is 0.889 bits per heavy atom. The van der Waals surface area contributed by atoms with Gasteiger partial charge in [-0.3, -0.25) is 0 Å². The summed E-state index contributed by atoms with van der Waals surface area (Å²) in [6.07, 6.45) is 11.1. The van der Waals surface area contributed by atoms with Gasteiger partial charge in [-0.25, -0.2) is 0 Å². The summed E-state index contributed by atoms with van der Waals surface area (Å²) < 4.78 is 1.42. The minimum absolute atomic E-state index is 0. The second-order valence-corrected chi connectivity index (χ2v) is 5.65. The smallest absolute Gasteiger partial charge is 0.324 e. The van der Waals surface area contributed by atoms with Gasteiger partial charge in [0.2, 0.25) is 0 Å². The van der Waals surface area contributed by atoms with Gasteiger partial charge in [0.15, 0.2) is 0 Å². The molecule has 0 aromatic carbocycles. The largest absolute Gasteiger partial charge is 1.00 e. The van der Waals surface area contributed by atoms with E-state index in [-0.39, 0.29) is 29.6 Å². The molecule has 0 aliphatic carbocycles. The summed E-state index contributed by atoms with van der Waals surface area (Å²) in [4.78, 5) is 0. The van der Waals surface area contributed by atoms with Crippen LogP contribution in [0.4, 0.5) is 0 Å². The van der Waals surface area contributed by atoms with E-state index in [1.165, 1.54) is 82.0 Å². The van der Waals surface area contributed by atoms with Gasteiger partial charge in [-0.05, 0) is 25.7 Å². The second-order valence-electron chi connectivity index (χ2n) is 5.65. The van der Waals surface area contributed by atoms with E-state index in [4.69, 9.17) is 0 Å². The van der Waals surface area contributed by atoms with Crippen molar-refractivity contribution in [3.63, 3.8) is 0 Å². The van der Waals surface area contributed by atoms with Crippen LogP contribution in [0.2, 0.25) is 0 Å². The number of quaternary nitrogens is 1. The molecule has 0 atom stereocenters. The zero-order chi connectivity index (χ0) is 13.0. The van der Waals surface area contributed by atoms with Gasteiger partial charge >= 0.3 is 29.6 Å². The van der Waals surface area contributed by atoms with Crippen LogP contribution in [0.25, 0.3) is 0 Å². The summed E-state index contributed by atoms with van der Waals surface area (Å²) in [6.45, 7) is 15.0. The molecule has 0 spiro atoms. The number of nitrogens with zero attached hydrogens (tertiary/aromatic N) is 1. The third kappa shape index (κ3) is 9.83. The molecule has 0 aliphatic rings. The van der Waals surface area contributed by atoms with Gasteiger partial charge < -0.3 is 4.48 Å². The van der Waals surface area contributed by atoms with Crippen LogP contribution >= 0.6 is 0 Å². The van der Waals surface area contributed by atoms with Gasteiger partial charge in [0.05, 0.1) is 26.2 Å². The van der Waals surface area contributed by atoms with Gasteiger partial charge in [-0.15, -0.1) is 0 Å². The molecule has 0 radical (unpaired) electrons. The van der Waals surface area contributed by atoms with Crippen LogP contribution in [0.5, 0.6) is 0 Å². The molecule has 104 valence electrons. The molecule has 0 bridgehead atoms. The van der Waals surface area contributed by atoms with E-state index in [1.807, 2.05) is 0 Å². The monoisotopic (exact) mass is 265 g/mol. The van der Waals surface area contributed by atoms with Crippen molar-refractivity contribution in [2.24, 2.45) is 0 Å². The maximum Gasteiger partial charge on any atom is 1.00 e. The number of unbranched alkanes of at least 4 members (excludes halogenated alkanes) is 4. The summed E-state index contributed by atoms with van der Waals surface area (Å²) in [5, 5.41) is 0. The van der Waals surface area contributed by atoms with Gasteiger partial charge in [0.25, 0.3) is 0 Å². The molecule has 0 rings (SSSR count). The number of hydrogen-bond donors (Lipinski definition) is 0. The van der Waals surface area contributed by atoms with Crippen LogP contribution in [0, 0.1) is 0 Å². The van der Waals surface area contributed by atoms with E-state index in [9.17, 15) is 0 Å². The average Bonchev–Trinajstić information content (AvgIpc) is 2.37. The van der Waals surface area contributed by atoms with E-state index in [2.05, 4.69) is 27.7 Å². The molecule has 0 aliphatic heterocycles. The quantitative estimate of drug-likeness (QED) is 0.374. The summed E-state index contributed by atoms with van der Waals surface area (Å²) in [5.74, 6) is 0. The molecule has 0 aromatic rings. The van der Waals surface area contributed by atoms with E-state index in [0.717, 1.165) is 0 Å². The fourth-order valence-electron chi connectivity index (χ4n) is 2.64. The van der Waals surface area contributed by atoms with E-state index in [1.54, 1.807) is 0 Å². The maximum absolute atomic E-state index is 2.33. The fourth-order valence-corrected chi connectivity index (χ4v) is 2.64. The van der Waals surface area contributed by atoms with Crippen molar-refractivity contribution in [2.45, 2.75) is 79.1 Å². The summed E-state index contributed by atoms with van der Waals surface area (Å²) in [5.41, 5.74) is 0. The van der Waals surface area contributed by atoms with Crippen molar-refractivity contribution in [1.29, 1.82) is 0 Å². The Morgan fingerprint density at radius 1 is 0.500 bits per heavy atom. The van der Waals surface area contributed by atoms with Crippen molar-refractivity contribution in [3.05, 3.63) is 0 Å². The van der Waals surface area contributed by atoms with Crippen LogP contribution in [0.3, 0.4) is 0 Å². The first kappa shape index (κ1) is 21.3. The van der Waals surface area contributed by atoms with E-state index >= 15 is 0 Å². The normalized spacial score (nSPS) is 11.3. The van der Waals surface area contributed by atoms with Gasteiger partial charge in [-0.2, -0.15) is 0 Å². The zero-order valence-corrected chi connectivity index (χ0v) is 15.9. The fraction of sp³-hybridized carbons (Fsp3) is 1.00. The van der Waals surface area contributed by atoms with Crippen LogP contribution < -0.4 is 29.6 Å². The van der Waals surface area contributed by atoms with Crippen LogP contribution in [0.1, 0.15) is 79.1 Å². The van der Waals surface area contributed by atoms with Crippen molar-refractivity contribution in [1.82, 2.24) is 0 Å². The molecular weight excluding hydrogens is 229 g/mol. The molecule has 1 nitrogen and oxygen atoms in total. The first-order valence-electron chi connectivity index (χ1n) is 8.09. The molecule has 0 unspecified atom stereocenters. The van der Waals surface area contributed by atoms with E-state index in [0.29, 0.717) is 0 Å². The van der Waals surface area contributed by atoms with Gasteiger partial charge in [-0.1, -0.05) is 53.4 Å². The first-order chi connectivity index (χ1) is 8.24. The molecule has 18 heavy (non-hydrogen) atoms. The Hall–Kier alpha value is 0.960. The van der Waals surface area contributed by atoms with Crippen molar-refractivity contribution >= 4 is 0 Å². The predicted molar refractivity (Wildman–Crippen MR) is 79.4 cm³/mol. The van der Waals surface area contributed by atoms with Crippen LogP contribution in [-0.2, 0) is 0 Å². The first-order valence-corrected chi connectivity index (χ1v) is 8.09. The predicted octanol–water partition coefficient (Wildman–Crippen LogP) is 2.01. The van der Waals surface area contributed by atoms with Crippen LogP contribution in [0.15, 0.2) is 0 Å². The Balaban J connectivity index is 0. The van der Waals surface area contributed by atoms with Gasteiger partial charge in [0, 0.05) is 0 Å². The van der Waals surface area contributed by atoms with Crippen molar-refractivity contribution < 1.29 is 34.0 Å². The molecule has 0 N–H and O–H groups in total. The van der Waals surface area contributed by atoms with Gasteiger partial charge in [0.1, 0.15) is 0 Å². The molecule has 0 amide bonds. The van der Waals surface area contributed by atoms with Crippen molar-refractivity contribution in [3.8, 4) is 0 Å². The number of hydrogen-bond acceptors (Lipinski definition) is 0. The molecule has 0 saturated carbocycles. The number of rotatable bonds is 12. The summed E-state index contributed by atoms with van der Waals surface area (Å²) >= 11 is 0. The molecule has 0 fully saturated rings. The minimum Gasteiger partial charge on any atom is -0.324 e. The molecule has 0 aromatic heterocycles. The van der Waals surface area contributed by atoms with Crippen molar-refractivity contribution in [2.75, 3.05) is 26.2 Å². The molecule has 2 heteroatoms. The Morgan fingerprint density at radius 2 is 0.722 bits per heavy atom. The molecular formula is C16H36NNa+2. The van der Waals surface area contributed by atoms with E-state index < -0.39 is 0 Å². The Kier molecular flexibility index (Phi) is 17.0. The van der Waals surface area contributed by atoms with Crippen LogP contribution in [-0.4, -0.2) is 30.7 Å². The SMILES string of the molecule is CCCC[N+](CCCC)(CCCC)CCCC.[Na+]. The Bertz CT molecular complexity index is 122. The third-order valence-electron chi connectivity index (χ3n) is 3.94. The standard InChI is InChI=1S/C16H36N.Na/c1-5-9-13-17(14-10-6-2,15-11-7-3)16-12-8-4;/h5-16H2,1-4H3;/q2*+1. The average molecular weight is 265 g/mol. The molecule has 0 heterocycles. The summed E-state index contributed by atoms with van der Waals surface area (Å²) in [7, 11) is 0. The Labute approximate surface area is 139 Å². The third-order valence-corrected chi connectivity index (χ3v) is 3.94. The zero-order valence-electron chi connectivity index (χ0n) is 13.9.